The van der Waals surface area contributed by atoms with E-state index in [1.807, 2.05) is 11.8 Å². The van der Waals surface area contributed by atoms with Crippen LogP contribution in [0.15, 0.2) is 0 Å². The van der Waals surface area contributed by atoms with Crippen LogP contribution in [0, 0.1) is 0 Å². The molecule has 0 aliphatic heterocycles. The molecule has 106 valence electrons. The minimum absolute atomic E-state index is 0.149. The zero-order valence-corrected chi connectivity index (χ0v) is 12.8. The first-order valence-electron chi connectivity index (χ1n) is 6.78. The molecule has 2 N–H and O–H groups in total. The summed E-state index contributed by atoms with van der Waals surface area (Å²) in [5.74, 6) is 0. The van der Waals surface area contributed by atoms with E-state index in [0.29, 0.717) is 17.8 Å². The van der Waals surface area contributed by atoms with Crippen molar-refractivity contribution >= 4 is 21.8 Å². The summed E-state index contributed by atoms with van der Waals surface area (Å²) in [6.07, 6.45) is 7.57. The molecular formula is C12H24N2O2S2. The molecule has 2 fully saturated rings. The van der Waals surface area contributed by atoms with E-state index in [9.17, 15) is 8.42 Å². The number of hydrogen-bond acceptors (Lipinski definition) is 4. The van der Waals surface area contributed by atoms with Crippen LogP contribution in [-0.2, 0) is 10.0 Å². The van der Waals surface area contributed by atoms with Crippen LogP contribution in [0.5, 0.6) is 0 Å². The number of rotatable bonds is 7. The highest BCUT2D eigenvalue weighted by Crippen LogP contribution is 2.28. The Morgan fingerprint density at radius 3 is 2.44 bits per heavy atom. The molecule has 0 amide bonds. The third kappa shape index (κ3) is 4.11. The Bertz CT molecular complexity index is 368. The standard InChI is InChI=1S/C12H24N2O2S2/c1-9(8-13-10-3-4-10)18(15,16)14-11-5-6-12(7-11)17-2/h9-14H,3-8H2,1-2H3. The van der Waals surface area contributed by atoms with Gasteiger partial charge in [-0.1, -0.05) is 0 Å². The normalized spacial score (nSPS) is 30.6. The summed E-state index contributed by atoms with van der Waals surface area (Å²) in [4.78, 5) is 0. The second kappa shape index (κ2) is 6.11. The maximum atomic E-state index is 12.2. The minimum atomic E-state index is -3.17. The fraction of sp³-hybridized carbons (Fsp3) is 1.00. The first-order valence-corrected chi connectivity index (χ1v) is 9.62. The summed E-state index contributed by atoms with van der Waals surface area (Å²) in [6.45, 7) is 2.36. The van der Waals surface area contributed by atoms with E-state index >= 15 is 0 Å². The van der Waals surface area contributed by atoms with Gasteiger partial charge in [-0.15, -0.1) is 0 Å². The molecule has 3 unspecified atom stereocenters. The molecule has 0 spiro atoms. The molecule has 2 saturated carbocycles. The van der Waals surface area contributed by atoms with Crippen LogP contribution in [0.2, 0.25) is 0 Å². The SMILES string of the molecule is CSC1CCC(NS(=O)(=O)C(C)CNC2CC2)C1. The Kier molecular flexibility index (Phi) is 4.97. The van der Waals surface area contributed by atoms with Crippen LogP contribution in [0.4, 0.5) is 0 Å². The van der Waals surface area contributed by atoms with Crippen molar-refractivity contribution in [1.29, 1.82) is 0 Å². The van der Waals surface area contributed by atoms with E-state index < -0.39 is 10.0 Å². The molecule has 2 aliphatic rings. The quantitative estimate of drug-likeness (QED) is 0.743. The van der Waals surface area contributed by atoms with E-state index in [2.05, 4.69) is 16.3 Å². The van der Waals surface area contributed by atoms with Crippen molar-refractivity contribution in [3.8, 4) is 0 Å². The number of sulfonamides is 1. The van der Waals surface area contributed by atoms with E-state index in [1.165, 1.54) is 12.8 Å². The lowest BCUT2D eigenvalue weighted by molar-refractivity contribution is 0.533. The molecule has 0 radical (unpaired) electrons. The van der Waals surface area contributed by atoms with E-state index in [0.717, 1.165) is 19.3 Å². The van der Waals surface area contributed by atoms with Crippen molar-refractivity contribution in [2.24, 2.45) is 0 Å². The molecule has 0 aromatic carbocycles. The van der Waals surface area contributed by atoms with Gasteiger partial charge in [-0.05, 0) is 45.3 Å². The summed E-state index contributed by atoms with van der Waals surface area (Å²) in [5.41, 5.74) is 0. The predicted octanol–water partition coefficient (Wildman–Crippen LogP) is 1.33. The van der Waals surface area contributed by atoms with Gasteiger partial charge >= 0.3 is 0 Å². The van der Waals surface area contributed by atoms with Gasteiger partial charge < -0.3 is 5.32 Å². The van der Waals surface area contributed by atoms with E-state index in [-0.39, 0.29) is 11.3 Å². The topological polar surface area (TPSA) is 58.2 Å². The number of thioether (sulfide) groups is 1. The number of hydrogen-bond donors (Lipinski definition) is 2. The molecule has 2 aliphatic carbocycles. The highest BCUT2D eigenvalue weighted by molar-refractivity contribution is 7.99. The summed E-state index contributed by atoms with van der Waals surface area (Å²) >= 11 is 1.85. The first-order chi connectivity index (χ1) is 8.51. The number of nitrogens with one attached hydrogen (secondary N) is 2. The molecule has 6 heteroatoms. The lowest BCUT2D eigenvalue weighted by Gasteiger charge is -2.18. The van der Waals surface area contributed by atoms with Gasteiger partial charge in [-0.2, -0.15) is 11.8 Å². The van der Waals surface area contributed by atoms with Crippen molar-refractivity contribution in [2.45, 2.75) is 61.6 Å². The van der Waals surface area contributed by atoms with Crippen LogP contribution in [-0.4, -0.2) is 43.8 Å². The zero-order valence-electron chi connectivity index (χ0n) is 11.2. The van der Waals surface area contributed by atoms with Crippen molar-refractivity contribution in [1.82, 2.24) is 10.0 Å². The average Bonchev–Trinajstić information content (AvgIpc) is 3.05. The Labute approximate surface area is 115 Å². The minimum Gasteiger partial charge on any atom is -0.313 e. The molecule has 4 nitrogen and oxygen atoms in total. The maximum absolute atomic E-state index is 12.2. The van der Waals surface area contributed by atoms with Crippen LogP contribution < -0.4 is 10.0 Å². The van der Waals surface area contributed by atoms with E-state index in [1.54, 1.807) is 6.92 Å². The molecule has 0 aromatic rings. The van der Waals surface area contributed by atoms with Gasteiger partial charge in [0.25, 0.3) is 0 Å². The molecule has 0 saturated heterocycles. The van der Waals surface area contributed by atoms with Gasteiger partial charge in [0.05, 0.1) is 5.25 Å². The fourth-order valence-corrected chi connectivity index (χ4v) is 4.36. The highest BCUT2D eigenvalue weighted by Gasteiger charge is 2.31. The monoisotopic (exact) mass is 292 g/mol. The molecule has 0 aromatic heterocycles. The molecule has 0 bridgehead atoms. The zero-order chi connectivity index (χ0) is 13.2. The smallest absolute Gasteiger partial charge is 0.215 e. The van der Waals surface area contributed by atoms with Crippen LogP contribution in [0.1, 0.15) is 39.0 Å². The molecular weight excluding hydrogens is 268 g/mol. The summed E-state index contributed by atoms with van der Waals surface area (Å²) in [6, 6.07) is 0.714. The molecule has 0 heterocycles. The predicted molar refractivity (Wildman–Crippen MR) is 77.5 cm³/mol. The van der Waals surface area contributed by atoms with Crippen LogP contribution >= 0.6 is 11.8 Å². The summed E-state index contributed by atoms with van der Waals surface area (Å²) in [5, 5.41) is 3.57. The Morgan fingerprint density at radius 1 is 1.22 bits per heavy atom. The third-order valence-electron chi connectivity index (χ3n) is 3.85. The third-order valence-corrected chi connectivity index (χ3v) is 6.83. The van der Waals surface area contributed by atoms with Crippen molar-refractivity contribution < 1.29 is 8.42 Å². The first kappa shape index (κ1) is 14.6. The van der Waals surface area contributed by atoms with Gasteiger partial charge in [0, 0.05) is 23.9 Å². The van der Waals surface area contributed by atoms with E-state index in [4.69, 9.17) is 0 Å². The van der Waals surface area contributed by atoms with Crippen molar-refractivity contribution in [3.63, 3.8) is 0 Å². The second-order valence-electron chi connectivity index (χ2n) is 5.52. The Hall–Kier alpha value is 0.220. The maximum Gasteiger partial charge on any atom is 0.215 e. The molecule has 18 heavy (non-hydrogen) atoms. The van der Waals surface area contributed by atoms with Gasteiger partial charge in [-0.25, -0.2) is 13.1 Å². The Balaban J connectivity index is 1.78. The molecule has 3 atom stereocenters. The van der Waals surface area contributed by atoms with Crippen molar-refractivity contribution in [3.05, 3.63) is 0 Å². The Morgan fingerprint density at radius 2 is 1.89 bits per heavy atom. The second-order valence-corrected chi connectivity index (χ2v) is 8.79. The van der Waals surface area contributed by atoms with Gasteiger partial charge in [0.1, 0.15) is 0 Å². The van der Waals surface area contributed by atoms with Gasteiger partial charge in [0.2, 0.25) is 10.0 Å². The highest BCUT2D eigenvalue weighted by atomic mass is 32.2. The average molecular weight is 292 g/mol. The fourth-order valence-electron chi connectivity index (χ4n) is 2.34. The van der Waals surface area contributed by atoms with Gasteiger partial charge in [0.15, 0.2) is 0 Å². The summed E-state index contributed by atoms with van der Waals surface area (Å²) < 4.78 is 27.2. The van der Waals surface area contributed by atoms with Crippen LogP contribution in [0.25, 0.3) is 0 Å². The summed E-state index contributed by atoms with van der Waals surface area (Å²) in [7, 11) is -3.17. The molecule has 2 rings (SSSR count). The van der Waals surface area contributed by atoms with Gasteiger partial charge in [-0.3, -0.25) is 0 Å². The van der Waals surface area contributed by atoms with Crippen LogP contribution in [0.3, 0.4) is 0 Å². The lowest BCUT2D eigenvalue weighted by atomic mass is 10.3. The lowest BCUT2D eigenvalue weighted by Crippen LogP contribution is -2.43. The largest absolute Gasteiger partial charge is 0.313 e. The van der Waals surface area contributed by atoms with Crippen molar-refractivity contribution in [2.75, 3.05) is 12.8 Å².